The molecule has 1 unspecified atom stereocenters. The molecule has 0 saturated carbocycles. The smallest absolute Gasteiger partial charge is 0.251 e. The van der Waals surface area contributed by atoms with Crippen molar-refractivity contribution >= 4 is 11.8 Å². The van der Waals surface area contributed by atoms with Crippen LogP contribution in [0, 0.1) is 5.92 Å². The fourth-order valence-electron chi connectivity index (χ4n) is 2.91. The summed E-state index contributed by atoms with van der Waals surface area (Å²) in [5.74, 6) is 0.239. The molecule has 2 aliphatic heterocycles. The third kappa shape index (κ3) is 4.68. The van der Waals surface area contributed by atoms with Crippen molar-refractivity contribution in [3.05, 3.63) is 0 Å². The topological polar surface area (TPSA) is 67.9 Å². The Morgan fingerprint density at radius 3 is 2.67 bits per heavy atom. The molecule has 2 amide bonds. The quantitative estimate of drug-likeness (QED) is 0.728. The Balaban J connectivity index is 1.67. The molecule has 6 heteroatoms. The van der Waals surface area contributed by atoms with Gasteiger partial charge in [-0.05, 0) is 32.1 Å². The van der Waals surface area contributed by atoms with Crippen LogP contribution >= 0.6 is 0 Å². The number of amides is 2. The molecule has 0 aromatic carbocycles. The lowest BCUT2D eigenvalue weighted by Crippen LogP contribution is -2.46. The van der Waals surface area contributed by atoms with Gasteiger partial charge < -0.3 is 19.7 Å². The molecule has 0 bridgehead atoms. The van der Waals surface area contributed by atoms with Gasteiger partial charge in [0, 0.05) is 45.9 Å². The number of nitrogens with zero attached hydrogens (tertiary/aromatic N) is 1. The second-order valence-corrected chi connectivity index (χ2v) is 5.74. The first-order valence-electron chi connectivity index (χ1n) is 7.89. The molecule has 6 nitrogen and oxygen atoms in total. The van der Waals surface area contributed by atoms with E-state index in [1.54, 1.807) is 7.11 Å². The molecule has 0 spiro atoms. The molecule has 1 N–H and O–H groups in total. The van der Waals surface area contributed by atoms with Crippen molar-refractivity contribution in [2.24, 2.45) is 5.92 Å². The number of likely N-dealkylation sites (tertiary alicyclic amines) is 1. The summed E-state index contributed by atoms with van der Waals surface area (Å²) >= 11 is 0. The maximum absolute atomic E-state index is 12.2. The minimum atomic E-state index is -0.246. The summed E-state index contributed by atoms with van der Waals surface area (Å²) in [6, 6.07) is 0. The molecule has 2 aliphatic rings. The molecule has 2 heterocycles. The van der Waals surface area contributed by atoms with Gasteiger partial charge in [0.25, 0.3) is 5.91 Å². The van der Waals surface area contributed by atoms with E-state index in [9.17, 15) is 9.59 Å². The standard InChI is InChI=1S/C15H26N2O4/c1-20-10-3-7-16-14(18)12-5-8-17(9-6-12)15(19)13-4-2-11-21-13/h12-13H,2-11H2,1H3,(H,16,18). The van der Waals surface area contributed by atoms with E-state index in [4.69, 9.17) is 9.47 Å². The zero-order valence-corrected chi connectivity index (χ0v) is 12.8. The van der Waals surface area contributed by atoms with Crippen molar-refractivity contribution in [3.8, 4) is 0 Å². The largest absolute Gasteiger partial charge is 0.385 e. The predicted octanol–water partition coefficient (Wildman–Crippen LogP) is 0.557. The monoisotopic (exact) mass is 298 g/mol. The van der Waals surface area contributed by atoms with E-state index in [-0.39, 0.29) is 23.8 Å². The summed E-state index contributed by atoms with van der Waals surface area (Å²) in [5, 5.41) is 2.94. The van der Waals surface area contributed by atoms with Gasteiger partial charge in [-0.2, -0.15) is 0 Å². The van der Waals surface area contributed by atoms with Gasteiger partial charge in [-0.15, -0.1) is 0 Å². The van der Waals surface area contributed by atoms with Crippen LogP contribution in [-0.2, 0) is 19.1 Å². The molecule has 0 aromatic heterocycles. The lowest BCUT2D eigenvalue weighted by Gasteiger charge is -2.32. The number of carbonyl (C=O) groups excluding carboxylic acids is 2. The number of rotatable bonds is 6. The molecular weight excluding hydrogens is 272 g/mol. The second-order valence-electron chi connectivity index (χ2n) is 5.74. The Hall–Kier alpha value is -1.14. The van der Waals surface area contributed by atoms with Gasteiger partial charge in [-0.1, -0.05) is 0 Å². The molecule has 0 aromatic rings. The molecule has 0 aliphatic carbocycles. The average Bonchev–Trinajstić information content (AvgIpc) is 3.05. The van der Waals surface area contributed by atoms with Crippen molar-refractivity contribution in [1.29, 1.82) is 0 Å². The van der Waals surface area contributed by atoms with Gasteiger partial charge in [-0.3, -0.25) is 9.59 Å². The Bertz CT molecular complexity index is 348. The van der Waals surface area contributed by atoms with E-state index in [1.807, 2.05) is 4.90 Å². The van der Waals surface area contributed by atoms with E-state index >= 15 is 0 Å². The van der Waals surface area contributed by atoms with Crippen molar-refractivity contribution in [3.63, 3.8) is 0 Å². The molecule has 120 valence electrons. The maximum Gasteiger partial charge on any atom is 0.251 e. The van der Waals surface area contributed by atoms with Crippen LogP contribution in [0.2, 0.25) is 0 Å². The average molecular weight is 298 g/mol. The number of piperidine rings is 1. The fourth-order valence-corrected chi connectivity index (χ4v) is 2.91. The summed E-state index contributed by atoms with van der Waals surface area (Å²) in [5.41, 5.74) is 0. The number of methoxy groups -OCH3 is 1. The van der Waals surface area contributed by atoms with Gasteiger partial charge >= 0.3 is 0 Å². The number of ether oxygens (including phenoxy) is 2. The van der Waals surface area contributed by atoms with Crippen LogP contribution in [0.4, 0.5) is 0 Å². The van der Waals surface area contributed by atoms with Crippen molar-refractivity contribution in [1.82, 2.24) is 10.2 Å². The minimum absolute atomic E-state index is 0.0288. The van der Waals surface area contributed by atoms with E-state index in [2.05, 4.69) is 5.32 Å². The molecule has 21 heavy (non-hydrogen) atoms. The molecule has 2 fully saturated rings. The lowest BCUT2D eigenvalue weighted by molar-refractivity contribution is -0.143. The molecule has 1 atom stereocenters. The molecule has 2 saturated heterocycles. The van der Waals surface area contributed by atoms with Gasteiger partial charge in [0.05, 0.1) is 0 Å². The summed E-state index contributed by atoms with van der Waals surface area (Å²) in [6.45, 7) is 3.33. The third-order valence-electron chi connectivity index (χ3n) is 4.21. The lowest BCUT2D eigenvalue weighted by atomic mass is 9.95. The number of carbonyl (C=O) groups is 2. The van der Waals surface area contributed by atoms with Crippen molar-refractivity contribution in [2.75, 3.05) is 40.0 Å². The molecule has 2 rings (SSSR count). The highest BCUT2D eigenvalue weighted by Crippen LogP contribution is 2.21. The zero-order chi connectivity index (χ0) is 15.1. The zero-order valence-electron chi connectivity index (χ0n) is 12.8. The first kappa shape index (κ1) is 16.2. The second kappa shape index (κ2) is 8.34. The van der Waals surface area contributed by atoms with E-state index in [1.165, 1.54) is 0 Å². The van der Waals surface area contributed by atoms with Crippen LogP contribution in [0.15, 0.2) is 0 Å². The van der Waals surface area contributed by atoms with Crippen LogP contribution in [0.3, 0.4) is 0 Å². The Labute approximate surface area is 126 Å². The number of nitrogens with one attached hydrogen (secondary N) is 1. The van der Waals surface area contributed by atoms with Gasteiger partial charge in [0.2, 0.25) is 5.91 Å². The van der Waals surface area contributed by atoms with Crippen LogP contribution in [0.5, 0.6) is 0 Å². The first-order chi connectivity index (χ1) is 10.2. The maximum atomic E-state index is 12.2. The highest BCUT2D eigenvalue weighted by atomic mass is 16.5. The van der Waals surface area contributed by atoms with Gasteiger partial charge in [0.1, 0.15) is 6.10 Å². The summed E-state index contributed by atoms with van der Waals surface area (Å²) in [7, 11) is 1.66. The van der Waals surface area contributed by atoms with E-state index < -0.39 is 0 Å². The SMILES string of the molecule is COCCCNC(=O)C1CCN(C(=O)C2CCCO2)CC1. The summed E-state index contributed by atoms with van der Waals surface area (Å²) in [6.07, 6.45) is 3.88. The summed E-state index contributed by atoms with van der Waals surface area (Å²) in [4.78, 5) is 26.1. The van der Waals surface area contributed by atoms with Crippen LogP contribution in [0.1, 0.15) is 32.1 Å². The van der Waals surface area contributed by atoms with E-state index in [0.29, 0.717) is 32.8 Å². The van der Waals surface area contributed by atoms with Gasteiger partial charge in [0.15, 0.2) is 0 Å². The van der Waals surface area contributed by atoms with Gasteiger partial charge in [-0.25, -0.2) is 0 Å². The summed E-state index contributed by atoms with van der Waals surface area (Å²) < 4.78 is 10.4. The normalized spacial score (nSPS) is 23.3. The minimum Gasteiger partial charge on any atom is -0.385 e. The highest BCUT2D eigenvalue weighted by Gasteiger charge is 2.32. The molecular formula is C15H26N2O4. The predicted molar refractivity (Wildman–Crippen MR) is 77.8 cm³/mol. The Morgan fingerprint density at radius 2 is 2.05 bits per heavy atom. The Morgan fingerprint density at radius 1 is 1.29 bits per heavy atom. The van der Waals surface area contributed by atoms with Crippen LogP contribution < -0.4 is 5.32 Å². The number of hydrogen-bond acceptors (Lipinski definition) is 4. The van der Waals surface area contributed by atoms with E-state index in [0.717, 1.165) is 32.1 Å². The fraction of sp³-hybridized carbons (Fsp3) is 0.867. The van der Waals surface area contributed by atoms with Crippen molar-refractivity contribution < 1.29 is 19.1 Å². The number of hydrogen-bond donors (Lipinski definition) is 1. The van der Waals surface area contributed by atoms with Crippen LogP contribution in [0.25, 0.3) is 0 Å². The molecule has 0 radical (unpaired) electrons. The third-order valence-corrected chi connectivity index (χ3v) is 4.21. The Kier molecular flexibility index (Phi) is 6.45. The highest BCUT2D eigenvalue weighted by molar-refractivity contribution is 5.82. The van der Waals surface area contributed by atoms with Crippen molar-refractivity contribution in [2.45, 2.75) is 38.2 Å². The first-order valence-corrected chi connectivity index (χ1v) is 7.89. The van der Waals surface area contributed by atoms with Crippen LogP contribution in [-0.4, -0.2) is 62.8 Å².